The minimum atomic E-state index is -0.600. The average Bonchev–Trinajstić information content (AvgIpc) is 3.40. The fourth-order valence-corrected chi connectivity index (χ4v) is 2.86. The lowest BCUT2D eigenvalue weighted by molar-refractivity contribution is 0.0620. The van der Waals surface area contributed by atoms with Crippen LogP contribution in [0, 0.1) is 12.7 Å². The lowest BCUT2D eigenvalue weighted by Crippen LogP contribution is -2.37. The van der Waals surface area contributed by atoms with Crippen LogP contribution in [0.5, 0.6) is 5.75 Å². The van der Waals surface area contributed by atoms with Crippen molar-refractivity contribution < 1.29 is 14.2 Å². The third-order valence-corrected chi connectivity index (χ3v) is 4.36. The Morgan fingerprint density at radius 2 is 1.88 bits per heavy atom. The predicted octanol–water partition coefficient (Wildman–Crippen LogP) is 3.54. The van der Waals surface area contributed by atoms with Crippen molar-refractivity contribution in [2.24, 2.45) is 0 Å². The molecule has 1 saturated carbocycles. The summed E-state index contributed by atoms with van der Waals surface area (Å²) in [6.07, 6.45) is 1.62. The Bertz CT molecular complexity index is 672. The Labute approximate surface area is 142 Å². The van der Waals surface area contributed by atoms with Gasteiger partial charge in [-0.2, -0.15) is 0 Å². The van der Waals surface area contributed by atoms with E-state index < -0.39 is 6.10 Å². The van der Waals surface area contributed by atoms with Gasteiger partial charge in [-0.15, -0.1) is 0 Å². The smallest absolute Gasteiger partial charge is 0.127 e. The van der Waals surface area contributed by atoms with Crippen LogP contribution < -0.4 is 4.74 Å². The summed E-state index contributed by atoms with van der Waals surface area (Å²) in [5.41, 5.74) is 1.73. The normalized spacial score (nSPS) is 15.5. The molecule has 0 amide bonds. The maximum absolute atomic E-state index is 13.9. The Morgan fingerprint density at radius 3 is 2.58 bits per heavy atom. The molecule has 0 spiro atoms. The van der Waals surface area contributed by atoms with Crippen LogP contribution in [0.3, 0.4) is 0 Å². The summed E-state index contributed by atoms with van der Waals surface area (Å²) in [5, 5.41) is 10.3. The van der Waals surface area contributed by atoms with Gasteiger partial charge in [-0.3, -0.25) is 4.90 Å². The highest BCUT2D eigenvalue weighted by molar-refractivity contribution is 5.31. The number of para-hydroxylation sites is 1. The summed E-state index contributed by atoms with van der Waals surface area (Å²) in [4.78, 5) is 2.16. The van der Waals surface area contributed by atoms with Crippen molar-refractivity contribution in [3.8, 4) is 5.75 Å². The van der Waals surface area contributed by atoms with E-state index in [9.17, 15) is 9.50 Å². The zero-order valence-corrected chi connectivity index (χ0v) is 14.0. The van der Waals surface area contributed by atoms with E-state index in [4.69, 9.17) is 4.74 Å². The Hall–Kier alpha value is -1.91. The summed E-state index contributed by atoms with van der Waals surface area (Å²) in [6.45, 7) is 3.24. The molecule has 0 aliphatic heterocycles. The molecule has 24 heavy (non-hydrogen) atoms. The van der Waals surface area contributed by atoms with Crippen molar-refractivity contribution in [3.63, 3.8) is 0 Å². The molecular weight excluding hydrogens is 305 g/mol. The number of nitrogens with zero attached hydrogens (tertiary/aromatic N) is 1. The fraction of sp³-hybridized carbons (Fsp3) is 0.400. The molecule has 128 valence electrons. The van der Waals surface area contributed by atoms with E-state index in [0.717, 1.165) is 24.2 Å². The topological polar surface area (TPSA) is 32.7 Å². The van der Waals surface area contributed by atoms with Gasteiger partial charge < -0.3 is 9.84 Å². The predicted molar refractivity (Wildman–Crippen MR) is 92.5 cm³/mol. The average molecular weight is 329 g/mol. The van der Waals surface area contributed by atoms with E-state index in [2.05, 4.69) is 4.90 Å². The number of hydrogen-bond acceptors (Lipinski definition) is 3. The molecule has 0 radical (unpaired) electrons. The molecule has 3 nitrogen and oxygen atoms in total. The molecule has 1 atom stereocenters. The molecule has 2 aromatic carbocycles. The number of ether oxygens (including phenoxy) is 1. The second-order valence-corrected chi connectivity index (χ2v) is 6.48. The molecule has 0 bridgehead atoms. The number of hydrogen-bond donors (Lipinski definition) is 1. The lowest BCUT2D eigenvalue weighted by atomic mass is 10.2. The highest BCUT2D eigenvalue weighted by atomic mass is 19.1. The van der Waals surface area contributed by atoms with Crippen molar-refractivity contribution >= 4 is 0 Å². The minimum Gasteiger partial charge on any atom is -0.491 e. The van der Waals surface area contributed by atoms with E-state index in [1.807, 2.05) is 37.3 Å². The Morgan fingerprint density at radius 1 is 1.17 bits per heavy atom. The van der Waals surface area contributed by atoms with E-state index in [0.29, 0.717) is 24.7 Å². The lowest BCUT2D eigenvalue weighted by Gasteiger charge is -2.25. The zero-order valence-electron chi connectivity index (χ0n) is 14.0. The molecule has 0 aromatic heterocycles. The van der Waals surface area contributed by atoms with Gasteiger partial charge >= 0.3 is 0 Å². The maximum atomic E-state index is 13.9. The molecular formula is C20H24FNO2. The first-order valence-electron chi connectivity index (χ1n) is 8.47. The fourth-order valence-electron chi connectivity index (χ4n) is 2.86. The highest BCUT2D eigenvalue weighted by Gasteiger charge is 2.30. The van der Waals surface area contributed by atoms with Gasteiger partial charge in [0.2, 0.25) is 0 Å². The summed E-state index contributed by atoms with van der Waals surface area (Å²) in [5.74, 6) is 0.609. The summed E-state index contributed by atoms with van der Waals surface area (Å²) < 4.78 is 19.6. The second-order valence-electron chi connectivity index (χ2n) is 6.48. The van der Waals surface area contributed by atoms with Gasteiger partial charge in [0.1, 0.15) is 24.3 Å². The van der Waals surface area contributed by atoms with E-state index >= 15 is 0 Å². The number of aliphatic hydroxyl groups excluding tert-OH is 1. The molecule has 1 fully saturated rings. The molecule has 4 heteroatoms. The van der Waals surface area contributed by atoms with Crippen molar-refractivity contribution in [3.05, 3.63) is 65.5 Å². The third-order valence-electron chi connectivity index (χ3n) is 4.36. The summed E-state index contributed by atoms with van der Waals surface area (Å²) in [7, 11) is 0. The Kier molecular flexibility index (Phi) is 5.48. The molecule has 1 aliphatic rings. The van der Waals surface area contributed by atoms with Gasteiger partial charge in [-0.05, 0) is 37.5 Å². The quantitative estimate of drug-likeness (QED) is 0.804. The Balaban J connectivity index is 1.55. The van der Waals surface area contributed by atoms with Crippen molar-refractivity contribution in [1.29, 1.82) is 0 Å². The number of halogens is 1. The first-order valence-corrected chi connectivity index (χ1v) is 8.47. The number of aliphatic hydroxyl groups is 1. The molecule has 0 heterocycles. The molecule has 1 unspecified atom stereocenters. The minimum absolute atomic E-state index is 0.186. The standard InChI is InChI=1S/C20H24FNO2/c1-15-6-2-5-9-20(15)24-14-18(23)13-22(17-10-11-17)12-16-7-3-4-8-19(16)21/h2-9,17-18,23H,10-14H2,1H3. The van der Waals surface area contributed by atoms with Crippen LogP contribution in [0.15, 0.2) is 48.5 Å². The SMILES string of the molecule is Cc1ccccc1OCC(O)CN(Cc1ccccc1F)C1CC1. The van der Waals surface area contributed by atoms with Crippen LogP contribution in [-0.4, -0.2) is 35.3 Å². The van der Waals surface area contributed by atoms with Crippen molar-refractivity contribution in [1.82, 2.24) is 4.90 Å². The third kappa shape index (κ3) is 4.56. The summed E-state index contributed by atoms with van der Waals surface area (Å²) in [6, 6.07) is 15.0. The van der Waals surface area contributed by atoms with E-state index in [-0.39, 0.29) is 12.4 Å². The first kappa shape index (κ1) is 16.9. The molecule has 0 saturated heterocycles. The van der Waals surface area contributed by atoms with Crippen molar-refractivity contribution in [2.45, 2.75) is 38.5 Å². The highest BCUT2D eigenvalue weighted by Crippen LogP contribution is 2.29. The molecule has 1 aliphatic carbocycles. The monoisotopic (exact) mass is 329 g/mol. The number of aryl methyl sites for hydroxylation is 1. The van der Waals surface area contributed by atoms with E-state index in [1.165, 1.54) is 6.07 Å². The van der Waals surface area contributed by atoms with Gasteiger partial charge in [0.25, 0.3) is 0 Å². The van der Waals surface area contributed by atoms with Crippen LogP contribution >= 0.6 is 0 Å². The van der Waals surface area contributed by atoms with Gasteiger partial charge in [-0.25, -0.2) is 4.39 Å². The molecule has 2 aromatic rings. The number of benzene rings is 2. The van der Waals surface area contributed by atoms with Gasteiger partial charge in [-0.1, -0.05) is 36.4 Å². The first-order chi connectivity index (χ1) is 11.6. The van der Waals surface area contributed by atoms with E-state index in [1.54, 1.807) is 12.1 Å². The largest absolute Gasteiger partial charge is 0.491 e. The maximum Gasteiger partial charge on any atom is 0.127 e. The van der Waals surface area contributed by atoms with Crippen molar-refractivity contribution in [2.75, 3.05) is 13.2 Å². The van der Waals surface area contributed by atoms with Crippen LogP contribution in [0.4, 0.5) is 4.39 Å². The van der Waals surface area contributed by atoms with Crippen LogP contribution in [0.25, 0.3) is 0 Å². The second kappa shape index (κ2) is 7.77. The van der Waals surface area contributed by atoms with Gasteiger partial charge in [0.05, 0.1) is 0 Å². The number of rotatable bonds is 8. The van der Waals surface area contributed by atoms with Gasteiger partial charge in [0.15, 0.2) is 0 Å². The van der Waals surface area contributed by atoms with Crippen LogP contribution in [0.2, 0.25) is 0 Å². The molecule has 3 rings (SSSR count). The van der Waals surface area contributed by atoms with Crippen LogP contribution in [0.1, 0.15) is 24.0 Å². The zero-order chi connectivity index (χ0) is 16.9. The van der Waals surface area contributed by atoms with Gasteiger partial charge in [0, 0.05) is 24.7 Å². The molecule has 1 N–H and O–H groups in total. The van der Waals surface area contributed by atoms with Crippen LogP contribution in [-0.2, 0) is 6.54 Å². The summed E-state index contributed by atoms with van der Waals surface area (Å²) >= 11 is 0.